The van der Waals surface area contributed by atoms with E-state index in [-0.39, 0.29) is 18.5 Å². The highest BCUT2D eigenvalue weighted by Gasteiger charge is 2.14. The molecule has 0 aliphatic rings. The fourth-order valence-electron chi connectivity index (χ4n) is 1.74. The Hall–Kier alpha value is -1.56. The summed E-state index contributed by atoms with van der Waals surface area (Å²) >= 11 is 1.61. The lowest BCUT2D eigenvalue weighted by atomic mass is 10.1. The van der Waals surface area contributed by atoms with Crippen LogP contribution < -0.4 is 10.6 Å². The minimum Gasteiger partial charge on any atom is -0.481 e. The molecule has 6 heteroatoms. The van der Waals surface area contributed by atoms with Gasteiger partial charge in [0.05, 0.1) is 13.0 Å². The Kier molecular flexibility index (Phi) is 6.35. The number of aliphatic carboxylic acids is 1. The van der Waals surface area contributed by atoms with Crippen LogP contribution >= 0.6 is 11.3 Å². The zero-order valence-electron chi connectivity index (χ0n) is 11.2. The second-order valence-electron chi connectivity index (χ2n) is 4.25. The van der Waals surface area contributed by atoms with Crippen molar-refractivity contribution in [2.45, 2.75) is 45.7 Å². The van der Waals surface area contributed by atoms with Gasteiger partial charge in [0.1, 0.15) is 0 Å². The lowest BCUT2D eigenvalue weighted by Crippen LogP contribution is -2.42. The van der Waals surface area contributed by atoms with Gasteiger partial charge in [-0.2, -0.15) is 0 Å². The minimum absolute atomic E-state index is 0.0524. The van der Waals surface area contributed by atoms with Gasteiger partial charge in [-0.25, -0.2) is 4.79 Å². The molecule has 0 aliphatic heterocycles. The fourth-order valence-corrected chi connectivity index (χ4v) is 2.66. The van der Waals surface area contributed by atoms with Gasteiger partial charge in [0.15, 0.2) is 0 Å². The molecule has 1 atom stereocenters. The molecule has 0 saturated heterocycles. The van der Waals surface area contributed by atoms with E-state index in [0.717, 1.165) is 11.3 Å². The molecule has 0 aliphatic carbocycles. The maximum absolute atomic E-state index is 11.7. The molecule has 1 rings (SSSR count). The van der Waals surface area contributed by atoms with Gasteiger partial charge in [0, 0.05) is 10.9 Å². The first-order valence-electron chi connectivity index (χ1n) is 6.38. The van der Waals surface area contributed by atoms with Crippen LogP contribution in [-0.2, 0) is 17.8 Å². The Morgan fingerprint density at radius 1 is 1.42 bits per heavy atom. The van der Waals surface area contributed by atoms with Crippen molar-refractivity contribution >= 4 is 23.3 Å². The highest BCUT2D eigenvalue weighted by molar-refractivity contribution is 7.10. The van der Waals surface area contributed by atoms with Gasteiger partial charge in [0.25, 0.3) is 0 Å². The third-order valence-electron chi connectivity index (χ3n) is 2.88. The highest BCUT2D eigenvalue weighted by Crippen LogP contribution is 2.16. The number of carboxylic acids is 1. The van der Waals surface area contributed by atoms with Crippen LogP contribution in [-0.4, -0.2) is 23.1 Å². The van der Waals surface area contributed by atoms with E-state index in [2.05, 4.69) is 23.6 Å². The summed E-state index contributed by atoms with van der Waals surface area (Å²) in [6, 6.07) is 1.41. The number of aryl methyl sites for hydroxylation is 1. The summed E-state index contributed by atoms with van der Waals surface area (Å²) in [6.45, 7) is 4.41. The standard InChI is InChI=1S/C13H20N2O3S/c1-3-9-5-6-19-11(9)8-14-13(18)15-10(4-2)7-12(16)17/h5-6,10H,3-4,7-8H2,1-2H3,(H,16,17)(H2,14,15,18). The van der Waals surface area contributed by atoms with E-state index in [4.69, 9.17) is 5.11 Å². The summed E-state index contributed by atoms with van der Waals surface area (Å²) in [5, 5.41) is 16.2. The molecule has 3 N–H and O–H groups in total. The highest BCUT2D eigenvalue weighted by atomic mass is 32.1. The molecule has 106 valence electrons. The van der Waals surface area contributed by atoms with E-state index >= 15 is 0 Å². The van der Waals surface area contributed by atoms with Crippen molar-refractivity contribution in [1.82, 2.24) is 10.6 Å². The molecule has 0 aromatic carbocycles. The molecular weight excluding hydrogens is 264 g/mol. The Labute approximate surface area is 117 Å². The van der Waals surface area contributed by atoms with Gasteiger partial charge in [-0.05, 0) is 29.9 Å². The summed E-state index contributed by atoms with van der Waals surface area (Å²) in [7, 11) is 0. The average molecular weight is 284 g/mol. The predicted octanol–water partition coefficient (Wildman–Crippen LogP) is 2.36. The van der Waals surface area contributed by atoms with Gasteiger partial charge in [0.2, 0.25) is 0 Å². The molecule has 1 heterocycles. The molecular formula is C13H20N2O3S. The van der Waals surface area contributed by atoms with Gasteiger partial charge < -0.3 is 15.7 Å². The molecule has 0 bridgehead atoms. The Balaban J connectivity index is 2.40. The summed E-state index contributed by atoms with van der Waals surface area (Å²) in [6.07, 6.45) is 1.49. The monoisotopic (exact) mass is 284 g/mol. The zero-order chi connectivity index (χ0) is 14.3. The van der Waals surface area contributed by atoms with Crippen LogP contribution in [0.25, 0.3) is 0 Å². The van der Waals surface area contributed by atoms with Crippen molar-refractivity contribution in [1.29, 1.82) is 0 Å². The lowest BCUT2D eigenvalue weighted by molar-refractivity contribution is -0.137. The van der Waals surface area contributed by atoms with E-state index in [9.17, 15) is 9.59 Å². The molecule has 1 unspecified atom stereocenters. The molecule has 1 aromatic heterocycles. The van der Waals surface area contributed by atoms with E-state index in [1.807, 2.05) is 12.3 Å². The zero-order valence-corrected chi connectivity index (χ0v) is 12.0. The van der Waals surface area contributed by atoms with E-state index in [1.54, 1.807) is 11.3 Å². The third kappa shape index (κ3) is 5.30. The Morgan fingerprint density at radius 3 is 2.74 bits per heavy atom. The van der Waals surface area contributed by atoms with E-state index in [1.165, 1.54) is 5.56 Å². The molecule has 1 aromatic rings. The average Bonchev–Trinajstić information content (AvgIpc) is 2.82. The number of amides is 2. The summed E-state index contributed by atoms with van der Waals surface area (Å²) in [4.78, 5) is 23.4. The molecule has 0 fully saturated rings. The molecule has 2 amide bonds. The molecule has 0 saturated carbocycles. The van der Waals surface area contributed by atoms with Crippen molar-refractivity contribution in [3.8, 4) is 0 Å². The van der Waals surface area contributed by atoms with Crippen molar-refractivity contribution in [3.05, 3.63) is 21.9 Å². The normalized spacial score (nSPS) is 11.9. The van der Waals surface area contributed by atoms with Gasteiger partial charge >= 0.3 is 12.0 Å². The van der Waals surface area contributed by atoms with E-state index < -0.39 is 5.97 Å². The SMILES string of the molecule is CCc1ccsc1CNC(=O)NC(CC)CC(=O)O. The van der Waals surface area contributed by atoms with Crippen LogP contribution in [0.4, 0.5) is 4.79 Å². The van der Waals surface area contributed by atoms with Crippen LogP contribution in [0.1, 0.15) is 37.1 Å². The third-order valence-corrected chi connectivity index (χ3v) is 3.84. The number of hydrogen-bond acceptors (Lipinski definition) is 3. The number of carbonyl (C=O) groups is 2. The van der Waals surface area contributed by atoms with Crippen LogP contribution in [0, 0.1) is 0 Å². The molecule has 0 radical (unpaired) electrons. The first kappa shape index (κ1) is 15.5. The minimum atomic E-state index is -0.904. The number of hydrogen-bond donors (Lipinski definition) is 3. The number of nitrogens with one attached hydrogen (secondary N) is 2. The lowest BCUT2D eigenvalue weighted by Gasteiger charge is -2.15. The number of carbonyl (C=O) groups excluding carboxylic acids is 1. The van der Waals surface area contributed by atoms with Crippen LogP contribution in [0.3, 0.4) is 0 Å². The second-order valence-corrected chi connectivity index (χ2v) is 5.25. The first-order chi connectivity index (χ1) is 9.06. The number of carboxylic acid groups (broad SMARTS) is 1. The number of urea groups is 1. The quantitative estimate of drug-likeness (QED) is 0.719. The topological polar surface area (TPSA) is 78.4 Å². The smallest absolute Gasteiger partial charge is 0.315 e. The Morgan fingerprint density at radius 2 is 2.16 bits per heavy atom. The second kappa shape index (κ2) is 7.78. The largest absolute Gasteiger partial charge is 0.481 e. The first-order valence-corrected chi connectivity index (χ1v) is 7.26. The van der Waals surface area contributed by atoms with Gasteiger partial charge in [-0.15, -0.1) is 11.3 Å². The van der Waals surface area contributed by atoms with Crippen molar-refractivity contribution in [2.75, 3.05) is 0 Å². The van der Waals surface area contributed by atoms with E-state index in [0.29, 0.717) is 13.0 Å². The van der Waals surface area contributed by atoms with Gasteiger partial charge in [-0.1, -0.05) is 13.8 Å². The van der Waals surface area contributed by atoms with Crippen molar-refractivity contribution in [3.63, 3.8) is 0 Å². The molecule has 19 heavy (non-hydrogen) atoms. The predicted molar refractivity (Wildman–Crippen MR) is 75.4 cm³/mol. The number of rotatable bonds is 7. The maximum Gasteiger partial charge on any atom is 0.315 e. The van der Waals surface area contributed by atoms with Crippen LogP contribution in [0.15, 0.2) is 11.4 Å². The summed E-state index contributed by atoms with van der Waals surface area (Å²) < 4.78 is 0. The molecule has 0 spiro atoms. The van der Waals surface area contributed by atoms with Gasteiger partial charge in [-0.3, -0.25) is 4.79 Å². The Bertz CT molecular complexity index is 431. The molecule has 5 nitrogen and oxygen atoms in total. The fraction of sp³-hybridized carbons (Fsp3) is 0.538. The summed E-state index contributed by atoms with van der Waals surface area (Å²) in [5.41, 5.74) is 1.24. The van der Waals surface area contributed by atoms with Crippen LogP contribution in [0.2, 0.25) is 0 Å². The van der Waals surface area contributed by atoms with Crippen molar-refractivity contribution < 1.29 is 14.7 Å². The maximum atomic E-state index is 11.7. The van der Waals surface area contributed by atoms with Crippen molar-refractivity contribution in [2.24, 2.45) is 0 Å². The van der Waals surface area contributed by atoms with Crippen LogP contribution in [0.5, 0.6) is 0 Å². The summed E-state index contributed by atoms with van der Waals surface area (Å²) in [5.74, 6) is -0.904. The number of thiophene rings is 1.